The van der Waals surface area contributed by atoms with Crippen LogP contribution in [0.1, 0.15) is 78.1 Å². The lowest BCUT2D eigenvalue weighted by Gasteiger charge is -2.45. The molecule has 168 valence electrons. The molecule has 3 saturated carbocycles. The van der Waals surface area contributed by atoms with E-state index >= 15 is 0 Å². The van der Waals surface area contributed by atoms with E-state index in [1.165, 1.54) is 63.5 Å². The van der Waals surface area contributed by atoms with E-state index in [2.05, 4.69) is 6.92 Å². The molecule has 3 aliphatic rings. The van der Waals surface area contributed by atoms with Crippen molar-refractivity contribution in [1.29, 1.82) is 0 Å². The first-order valence-electron chi connectivity index (χ1n) is 12.3. The average Bonchev–Trinajstić information content (AvgIpc) is 2.76. The monoisotopic (exact) mass is 420 g/mol. The Bertz CT molecular complexity index is 699. The highest BCUT2D eigenvalue weighted by Gasteiger charge is 2.38. The molecular weight excluding hydrogens is 382 g/mol. The molecule has 4 unspecified atom stereocenters. The van der Waals surface area contributed by atoms with Crippen molar-refractivity contribution in [2.45, 2.75) is 78.1 Å². The smallest absolute Gasteiger partial charge is 0.204 e. The van der Waals surface area contributed by atoms with E-state index < -0.39 is 11.6 Å². The molecule has 2 nitrogen and oxygen atoms in total. The lowest BCUT2D eigenvalue weighted by Crippen LogP contribution is -2.34. The zero-order valence-corrected chi connectivity index (χ0v) is 18.7. The van der Waals surface area contributed by atoms with Crippen molar-refractivity contribution in [1.82, 2.24) is 0 Å². The third kappa shape index (κ3) is 4.94. The summed E-state index contributed by atoms with van der Waals surface area (Å²) in [6, 6.07) is 2.94. The first-order valence-corrected chi connectivity index (χ1v) is 12.3. The predicted molar refractivity (Wildman–Crippen MR) is 116 cm³/mol. The molecule has 1 aromatic rings. The summed E-state index contributed by atoms with van der Waals surface area (Å²) in [4.78, 5) is 0. The molecule has 1 aromatic carbocycles. The number of halogens is 2. The number of hydrogen-bond acceptors (Lipinski definition) is 2. The van der Waals surface area contributed by atoms with Gasteiger partial charge in [-0.1, -0.05) is 13.3 Å². The highest BCUT2D eigenvalue weighted by Crippen LogP contribution is 2.49. The number of ether oxygens (including phenoxy) is 2. The second kappa shape index (κ2) is 9.87. The molecule has 0 amide bonds. The summed E-state index contributed by atoms with van der Waals surface area (Å²) < 4.78 is 39.0. The van der Waals surface area contributed by atoms with Crippen LogP contribution < -0.4 is 9.47 Å². The fourth-order valence-corrected chi connectivity index (χ4v) is 6.51. The molecule has 3 fully saturated rings. The van der Waals surface area contributed by atoms with Gasteiger partial charge in [-0.2, -0.15) is 8.78 Å². The minimum Gasteiger partial charge on any atom is -0.491 e. The zero-order chi connectivity index (χ0) is 21.1. The lowest BCUT2D eigenvalue weighted by atomic mass is 9.61. The standard InChI is InChI=1S/C26H38F2O2/c1-3-29-23-12-13-24(26(28)25(23)27)30-16-18-5-8-19(9-6-18)21-11-10-20-14-17(2)4-7-22(20)15-21/h12-13,17-22H,3-11,14-16H2,1-2H3. The van der Waals surface area contributed by atoms with Crippen LogP contribution in [-0.2, 0) is 0 Å². The van der Waals surface area contributed by atoms with Crippen molar-refractivity contribution >= 4 is 0 Å². The number of benzene rings is 1. The highest BCUT2D eigenvalue weighted by molar-refractivity contribution is 5.35. The van der Waals surface area contributed by atoms with Crippen LogP contribution in [-0.4, -0.2) is 13.2 Å². The Labute approximate surface area is 180 Å². The van der Waals surface area contributed by atoms with E-state index in [0.717, 1.165) is 42.4 Å². The summed E-state index contributed by atoms with van der Waals surface area (Å²) in [5, 5.41) is 0. The first-order chi connectivity index (χ1) is 14.5. The second-order valence-electron chi connectivity index (χ2n) is 10.2. The van der Waals surface area contributed by atoms with Gasteiger partial charge < -0.3 is 9.47 Å². The van der Waals surface area contributed by atoms with Crippen molar-refractivity contribution in [2.75, 3.05) is 13.2 Å². The molecule has 0 heterocycles. The summed E-state index contributed by atoms with van der Waals surface area (Å²) >= 11 is 0. The van der Waals surface area contributed by atoms with Crippen LogP contribution in [0.25, 0.3) is 0 Å². The van der Waals surface area contributed by atoms with Crippen LogP contribution in [0.5, 0.6) is 11.5 Å². The van der Waals surface area contributed by atoms with Crippen molar-refractivity contribution in [3.05, 3.63) is 23.8 Å². The van der Waals surface area contributed by atoms with Gasteiger partial charge in [0.05, 0.1) is 13.2 Å². The van der Waals surface area contributed by atoms with E-state index in [4.69, 9.17) is 9.47 Å². The van der Waals surface area contributed by atoms with E-state index in [0.29, 0.717) is 19.1 Å². The van der Waals surface area contributed by atoms with Gasteiger partial charge in [0.25, 0.3) is 0 Å². The Morgan fingerprint density at radius 3 is 1.93 bits per heavy atom. The quantitative estimate of drug-likeness (QED) is 0.477. The van der Waals surface area contributed by atoms with Gasteiger partial charge in [0.15, 0.2) is 11.5 Å². The minimum absolute atomic E-state index is 0.00271. The van der Waals surface area contributed by atoms with Crippen molar-refractivity contribution in [3.63, 3.8) is 0 Å². The molecule has 3 aliphatic carbocycles. The van der Waals surface area contributed by atoms with E-state index in [1.807, 2.05) is 0 Å². The Morgan fingerprint density at radius 1 is 0.733 bits per heavy atom. The van der Waals surface area contributed by atoms with Crippen LogP contribution in [0.15, 0.2) is 12.1 Å². The molecule has 0 radical (unpaired) electrons. The van der Waals surface area contributed by atoms with Gasteiger partial charge in [0.2, 0.25) is 11.6 Å². The normalized spacial score (nSPS) is 34.3. The second-order valence-corrected chi connectivity index (χ2v) is 10.2. The average molecular weight is 421 g/mol. The van der Waals surface area contributed by atoms with Gasteiger partial charge in [0.1, 0.15) is 0 Å². The van der Waals surface area contributed by atoms with Gasteiger partial charge in [0, 0.05) is 0 Å². The molecule has 0 saturated heterocycles. The zero-order valence-electron chi connectivity index (χ0n) is 18.7. The molecule has 0 aliphatic heterocycles. The third-order valence-corrected chi connectivity index (χ3v) is 8.26. The SMILES string of the molecule is CCOc1ccc(OCC2CCC(C3CCC4CC(C)CCC4C3)CC2)c(F)c1F. The topological polar surface area (TPSA) is 18.5 Å². The molecule has 0 spiro atoms. The number of hydrogen-bond donors (Lipinski definition) is 0. The van der Waals surface area contributed by atoms with Crippen LogP contribution in [0.4, 0.5) is 8.78 Å². The minimum atomic E-state index is -0.953. The first kappa shape index (κ1) is 21.9. The van der Waals surface area contributed by atoms with Gasteiger partial charge >= 0.3 is 0 Å². The van der Waals surface area contributed by atoms with Crippen molar-refractivity contribution in [3.8, 4) is 11.5 Å². The Morgan fingerprint density at radius 2 is 1.27 bits per heavy atom. The summed E-state index contributed by atoms with van der Waals surface area (Å²) in [5.41, 5.74) is 0. The Kier molecular flexibility index (Phi) is 7.20. The summed E-state index contributed by atoms with van der Waals surface area (Å²) in [5.74, 6) is 3.21. The maximum absolute atomic E-state index is 14.2. The number of rotatable bonds is 6. The van der Waals surface area contributed by atoms with Crippen molar-refractivity contribution in [2.24, 2.45) is 35.5 Å². The van der Waals surface area contributed by atoms with Gasteiger partial charge in [-0.15, -0.1) is 0 Å². The number of fused-ring (bicyclic) bond motifs is 1. The van der Waals surface area contributed by atoms with Gasteiger partial charge in [-0.3, -0.25) is 0 Å². The lowest BCUT2D eigenvalue weighted by molar-refractivity contribution is 0.0589. The molecular formula is C26H38F2O2. The van der Waals surface area contributed by atoms with Crippen LogP contribution in [0.2, 0.25) is 0 Å². The molecule has 0 bridgehead atoms. The fourth-order valence-electron chi connectivity index (χ4n) is 6.51. The summed E-state index contributed by atoms with van der Waals surface area (Å²) in [6.45, 7) is 4.96. The Hall–Kier alpha value is -1.32. The van der Waals surface area contributed by atoms with Crippen LogP contribution >= 0.6 is 0 Å². The van der Waals surface area contributed by atoms with Crippen LogP contribution in [0, 0.1) is 47.1 Å². The molecule has 4 heteroatoms. The van der Waals surface area contributed by atoms with Gasteiger partial charge in [-0.05, 0) is 112 Å². The van der Waals surface area contributed by atoms with Gasteiger partial charge in [-0.25, -0.2) is 0 Å². The largest absolute Gasteiger partial charge is 0.491 e. The molecule has 4 rings (SSSR count). The highest BCUT2D eigenvalue weighted by atomic mass is 19.2. The maximum atomic E-state index is 14.2. The summed E-state index contributed by atoms with van der Waals surface area (Å²) in [7, 11) is 0. The third-order valence-electron chi connectivity index (χ3n) is 8.26. The summed E-state index contributed by atoms with van der Waals surface area (Å²) in [6.07, 6.45) is 13.5. The van der Waals surface area contributed by atoms with Crippen LogP contribution in [0.3, 0.4) is 0 Å². The van der Waals surface area contributed by atoms with Crippen molar-refractivity contribution < 1.29 is 18.3 Å². The van der Waals surface area contributed by atoms with E-state index in [9.17, 15) is 8.78 Å². The molecule has 4 atom stereocenters. The molecule has 0 aromatic heterocycles. The van der Waals surface area contributed by atoms with E-state index in [-0.39, 0.29) is 11.5 Å². The molecule has 0 N–H and O–H groups in total. The van der Waals surface area contributed by atoms with E-state index in [1.54, 1.807) is 6.92 Å². The molecule has 30 heavy (non-hydrogen) atoms. The maximum Gasteiger partial charge on any atom is 0.204 e. The fraction of sp³-hybridized carbons (Fsp3) is 0.769. The Balaban J connectivity index is 1.23. The predicted octanol–water partition coefficient (Wildman–Crippen LogP) is 7.40.